The van der Waals surface area contributed by atoms with Crippen LogP contribution < -0.4 is 0 Å². The van der Waals surface area contributed by atoms with Crippen LogP contribution in [0.15, 0.2) is 85.2 Å². The third kappa shape index (κ3) is 6.04. The molecule has 2 unspecified atom stereocenters. The van der Waals surface area contributed by atoms with Crippen LogP contribution in [0.5, 0.6) is 0 Å². The number of nitrogens with one attached hydrogen (secondary N) is 2. The quantitative estimate of drug-likeness (QED) is 0.174. The predicted octanol–water partition coefficient (Wildman–Crippen LogP) is 6.11. The fourth-order valence-electron chi connectivity index (χ4n) is 4.18. The van der Waals surface area contributed by atoms with Crippen molar-refractivity contribution in [2.24, 2.45) is 0 Å². The molecule has 0 saturated carbocycles. The Morgan fingerprint density at radius 1 is 0.639 bits per heavy atom. The first-order valence-electron chi connectivity index (χ1n) is 11.7. The number of H-pyrrole nitrogens is 2. The Morgan fingerprint density at radius 2 is 1.03 bits per heavy atom. The summed E-state index contributed by atoms with van der Waals surface area (Å²) >= 11 is 12.4. The number of hydrogen-bond acceptors (Lipinski definition) is 3. The highest BCUT2D eigenvalue weighted by molar-refractivity contribution is 6.22. The fourth-order valence-corrected chi connectivity index (χ4v) is 4.82. The summed E-state index contributed by atoms with van der Waals surface area (Å²) in [6.07, 6.45) is 3.75. The zero-order valence-electron chi connectivity index (χ0n) is 19.5. The maximum atomic E-state index is 13.5. The van der Waals surface area contributed by atoms with E-state index in [-0.39, 0.29) is 42.0 Å². The monoisotopic (exact) mass is 520 g/mol. The van der Waals surface area contributed by atoms with E-state index in [2.05, 4.69) is 9.97 Å². The molecule has 0 saturated heterocycles. The molecular weight excluding hydrogens is 495 g/mol. The van der Waals surface area contributed by atoms with Crippen LogP contribution in [0.25, 0.3) is 0 Å². The van der Waals surface area contributed by atoms with Crippen molar-refractivity contribution >= 4 is 40.6 Å². The number of benzene rings is 2. The molecule has 184 valence electrons. The first-order chi connectivity index (χ1) is 17.5. The molecule has 7 heteroatoms. The van der Waals surface area contributed by atoms with E-state index in [0.29, 0.717) is 22.5 Å². The van der Waals surface area contributed by atoms with Crippen LogP contribution in [0.4, 0.5) is 0 Å². The largest absolute Gasteiger partial charge is 0.364 e. The molecule has 4 aromatic rings. The molecule has 36 heavy (non-hydrogen) atoms. The molecule has 0 radical (unpaired) electrons. The van der Waals surface area contributed by atoms with Gasteiger partial charge in [-0.3, -0.25) is 14.4 Å². The number of carbonyl (C=O) groups excluding carboxylic acids is 3. The second-order valence-electron chi connectivity index (χ2n) is 8.67. The molecule has 2 aromatic heterocycles. The number of ketones is 3. The van der Waals surface area contributed by atoms with Crippen LogP contribution in [0.3, 0.4) is 0 Å². The van der Waals surface area contributed by atoms with Crippen LogP contribution in [0.1, 0.15) is 55.1 Å². The lowest BCUT2D eigenvalue weighted by Gasteiger charge is -2.18. The summed E-state index contributed by atoms with van der Waals surface area (Å²) in [5.41, 5.74) is 3.95. The SMILES string of the molecule is O=C(Cc1ccccc1)c1c[nH]c(C(CCl)C(=O)C(CCl)c2cc(C(=O)Cc3ccccc3)c[nH]2)c1. The zero-order chi connectivity index (χ0) is 25.5. The number of carbonyl (C=O) groups is 3. The van der Waals surface area contributed by atoms with Crippen molar-refractivity contribution in [2.75, 3.05) is 11.8 Å². The molecule has 2 N–H and O–H groups in total. The highest BCUT2D eigenvalue weighted by Gasteiger charge is 2.31. The van der Waals surface area contributed by atoms with Crippen molar-refractivity contribution < 1.29 is 14.4 Å². The molecule has 2 atom stereocenters. The molecule has 0 fully saturated rings. The molecule has 0 aliphatic rings. The first-order valence-corrected chi connectivity index (χ1v) is 12.7. The molecule has 2 aromatic carbocycles. The van der Waals surface area contributed by atoms with E-state index in [9.17, 15) is 14.4 Å². The Morgan fingerprint density at radius 3 is 1.39 bits per heavy atom. The van der Waals surface area contributed by atoms with Crippen LogP contribution in [-0.2, 0) is 17.6 Å². The fraction of sp³-hybridized carbons (Fsp3) is 0.207. The van der Waals surface area contributed by atoms with Crippen molar-refractivity contribution in [3.63, 3.8) is 0 Å². The normalized spacial score (nSPS) is 12.7. The van der Waals surface area contributed by atoms with E-state index < -0.39 is 11.8 Å². The highest BCUT2D eigenvalue weighted by atomic mass is 35.5. The predicted molar refractivity (Wildman–Crippen MR) is 142 cm³/mol. The number of alkyl halides is 2. The second-order valence-corrected chi connectivity index (χ2v) is 9.29. The Balaban J connectivity index is 1.47. The van der Waals surface area contributed by atoms with E-state index in [1.54, 1.807) is 24.5 Å². The second kappa shape index (κ2) is 12.0. The average Bonchev–Trinajstić information content (AvgIpc) is 3.57. The van der Waals surface area contributed by atoms with Crippen molar-refractivity contribution in [3.05, 3.63) is 119 Å². The van der Waals surface area contributed by atoms with Crippen LogP contribution in [-0.4, -0.2) is 39.1 Å². The van der Waals surface area contributed by atoms with E-state index in [4.69, 9.17) is 23.2 Å². The lowest BCUT2D eigenvalue weighted by atomic mass is 9.90. The van der Waals surface area contributed by atoms with Gasteiger partial charge in [-0.25, -0.2) is 0 Å². The lowest BCUT2D eigenvalue weighted by molar-refractivity contribution is -0.121. The van der Waals surface area contributed by atoms with Gasteiger partial charge in [0, 0.05) is 59.5 Å². The van der Waals surface area contributed by atoms with Crippen LogP contribution >= 0.6 is 23.2 Å². The molecule has 4 rings (SSSR count). The molecule has 5 nitrogen and oxygen atoms in total. The summed E-state index contributed by atoms with van der Waals surface area (Å²) in [6, 6.07) is 22.3. The van der Waals surface area contributed by atoms with Gasteiger partial charge in [0.2, 0.25) is 0 Å². The van der Waals surface area contributed by atoms with Crippen LogP contribution in [0, 0.1) is 0 Å². The van der Waals surface area contributed by atoms with Gasteiger partial charge in [0.15, 0.2) is 17.3 Å². The van der Waals surface area contributed by atoms with Gasteiger partial charge in [-0.05, 0) is 23.3 Å². The van der Waals surface area contributed by atoms with Gasteiger partial charge in [0.25, 0.3) is 0 Å². The summed E-state index contributed by atoms with van der Waals surface area (Å²) in [5.74, 6) is -1.60. The zero-order valence-corrected chi connectivity index (χ0v) is 21.1. The van der Waals surface area contributed by atoms with Gasteiger partial charge < -0.3 is 9.97 Å². The minimum Gasteiger partial charge on any atom is -0.364 e. The number of Topliss-reactive ketones (excluding diaryl/α,β-unsaturated/α-hetero) is 3. The minimum absolute atomic E-state index is 0.0273. The Kier molecular flexibility index (Phi) is 8.57. The maximum absolute atomic E-state index is 13.5. The summed E-state index contributed by atoms with van der Waals surface area (Å²) in [7, 11) is 0. The molecular formula is C29H26Cl2N2O3. The summed E-state index contributed by atoms with van der Waals surface area (Å²) in [6.45, 7) is 0. The third-order valence-corrected chi connectivity index (χ3v) is 6.83. The smallest absolute Gasteiger partial charge is 0.168 e. The van der Waals surface area contributed by atoms with E-state index in [1.165, 1.54) is 0 Å². The van der Waals surface area contributed by atoms with Gasteiger partial charge >= 0.3 is 0 Å². The van der Waals surface area contributed by atoms with Crippen molar-refractivity contribution in [2.45, 2.75) is 24.7 Å². The summed E-state index contributed by atoms with van der Waals surface area (Å²) in [5, 5.41) is 0. The summed E-state index contributed by atoms with van der Waals surface area (Å²) < 4.78 is 0. The number of hydrogen-bond donors (Lipinski definition) is 2. The lowest BCUT2D eigenvalue weighted by Crippen LogP contribution is -2.24. The number of aromatic nitrogens is 2. The van der Waals surface area contributed by atoms with Crippen molar-refractivity contribution in [3.8, 4) is 0 Å². The minimum atomic E-state index is -0.680. The Labute approximate surface area is 219 Å². The topological polar surface area (TPSA) is 82.8 Å². The molecule has 0 aliphatic carbocycles. The Hall–Kier alpha value is -3.41. The number of aromatic amines is 2. The molecule has 0 amide bonds. The first kappa shape index (κ1) is 25.7. The van der Waals surface area contributed by atoms with E-state index in [0.717, 1.165) is 11.1 Å². The van der Waals surface area contributed by atoms with Gasteiger partial charge in [-0.15, -0.1) is 23.2 Å². The van der Waals surface area contributed by atoms with Crippen molar-refractivity contribution in [1.29, 1.82) is 0 Å². The number of halogens is 2. The van der Waals surface area contributed by atoms with Gasteiger partial charge in [0.05, 0.1) is 11.8 Å². The van der Waals surface area contributed by atoms with Gasteiger partial charge in [0.1, 0.15) is 0 Å². The molecule has 0 bridgehead atoms. The summed E-state index contributed by atoms with van der Waals surface area (Å²) in [4.78, 5) is 45.0. The van der Waals surface area contributed by atoms with Gasteiger partial charge in [-0.1, -0.05) is 60.7 Å². The molecule has 0 spiro atoms. The van der Waals surface area contributed by atoms with E-state index in [1.807, 2.05) is 60.7 Å². The molecule has 2 heterocycles. The standard InChI is InChI=1S/C29H26Cl2N2O3/c30-15-23(25-13-21(17-32-25)27(34)11-19-7-3-1-4-8-19)29(36)24(16-31)26-14-22(18-33-26)28(35)12-20-9-5-2-6-10-20/h1-10,13-14,17-18,23-24,32-33H,11-12,15-16H2. The average molecular weight is 521 g/mol. The molecule has 0 aliphatic heterocycles. The Bertz CT molecular complexity index is 1230. The maximum Gasteiger partial charge on any atom is 0.168 e. The van der Waals surface area contributed by atoms with Crippen LogP contribution in [0.2, 0.25) is 0 Å². The highest BCUT2D eigenvalue weighted by Crippen LogP contribution is 2.29. The van der Waals surface area contributed by atoms with Gasteiger partial charge in [-0.2, -0.15) is 0 Å². The van der Waals surface area contributed by atoms with E-state index >= 15 is 0 Å². The number of rotatable bonds is 12. The van der Waals surface area contributed by atoms with Crippen molar-refractivity contribution in [1.82, 2.24) is 9.97 Å². The third-order valence-electron chi connectivity index (χ3n) is 6.22.